The second kappa shape index (κ2) is 5.33. The second-order valence-corrected chi connectivity index (χ2v) is 5.09. The number of aromatic nitrogens is 1. The van der Waals surface area contributed by atoms with Gasteiger partial charge in [-0.2, -0.15) is 0 Å². The maximum Gasteiger partial charge on any atom is 0.261 e. The van der Waals surface area contributed by atoms with Gasteiger partial charge in [0.05, 0.1) is 0 Å². The minimum Gasteiger partial charge on any atom is -0.328 e. The van der Waals surface area contributed by atoms with E-state index in [4.69, 9.17) is 0 Å². The fourth-order valence-corrected chi connectivity index (χ4v) is 2.41. The number of aryl methyl sites for hydroxylation is 4. The molecule has 104 valence electrons. The number of H-pyrrole nitrogens is 1. The highest BCUT2D eigenvalue weighted by molar-refractivity contribution is 6.05. The molecule has 0 spiro atoms. The Hall–Kier alpha value is -2.36. The number of carbonyl (C=O) groups is 1. The van der Waals surface area contributed by atoms with Gasteiger partial charge >= 0.3 is 0 Å². The molecule has 0 aliphatic rings. The van der Waals surface area contributed by atoms with Gasteiger partial charge in [-0.15, -0.1) is 0 Å². The molecule has 0 atom stereocenters. The summed E-state index contributed by atoms with van der Waals surface area (Å²) in [5.74, 6) is -0.376. The summed E-state index contributed by atoms with van der Waals surface area (Å²) >= 11 is 0. The van der Waals surface area contributed by atoms with Crippen molar-refractivity contribution in [3.8, 4) is 0 Å². The van der Waals surface area contributed by atoms with Crippen molar-refractivity contribution in [1.82, 2.24) is 4.98 Å². The zero-order chi connectivity index (χ0) is 14.9. The summed E-state index contributed by atoms with van der Waals surface area (Å²) in [5.41, 5.74) is 4.34. The van der Waals surface area contributed by atoms with Gasteiger partial charge in [0.15, 0.2) is 0 Å². The molecule has 0 aliphatic heterocycles. The molecule has 1 amide bonds. The van der Waals surface area contributed by atoms with E-state index in [1.54, 1.807) is 13.0 Å². The Morgan fingerprint density at radius 2 is 1.65 bits per heavy atom. The Labute approximate surface area is 117 Å². The van der Waals surface area contributed by atoms with Gasteiger partial charge in [-0.25, -0.2) is 0 Å². The van der Waals surface area contributed by atoms with E-state index >= 15 is 0 Å². The number of amides is 1. The number of nitrogens with one attached hydrogen (secondary N) is 2. The first-order valence-corrected chi connectivity index (χ1v) is 6.47. The number of rotatable bonds is 2. The Kier molecular flexibility index (Phi) is 3.74. The van der Waals surface area contributed by atoms with Crippen LogP contribution in [-0.2, 0) is 0 Å². The Morgan fingerprint density at radius 3 is 2.20 bits per heavy atom. The van der Waals surface area contributed by atoms with Crippen molar-refractivity contribution in [2.24, 2.45) is 0 Å². The molecule has 0 saturated heterocycles. The predicted molar refractivity (Wildman–Crippen MR) is 80.4 cm³/mol. The number of hydrogen-bond acceptors (Lipinski definition) is 2. The van der Waals surface area contributed by atoms with Crippen LogP contribution in [0.15, 0.2) is 29.2 Å². The van der Waals surface area contributed by atoms with Gasteiger partial charge < -0.3 is 10.3 Å². The van der Waals surface area contributed by atoms with Crippen LogP contribution < -0.4 is 10.9 Å². The van der Waals surface area contributed by atoms with Crippen LogP contribution in [0.3, 0.4) is 0 Å². The van der Waals surface area contributed by atoms with Crippen molar-refractivity contribution >= 4 is 11.6 Å². The van der Waals surface area contributed by atoms with Crippen molar-refractivity contribution in [3.63, 3.8) is 0 Å². The van der Waals surface area contributed by atoms with Gasteiger partial charge in [-0.05, 0) is 50.5 Å². The van der Waals surface area contributed by atoms with E-state index in [1.165, 1.54) is 6.20 Å². The van der Waals surface area contributed by atoms with E-state index in [0.29, 0.717) is 5.56 Å². The first kappa shape index (κ1) is 14.1. The van der Waals surface area contributed by atoms with E-state index in [2.05, 4.69) is 10.3 Å². The normalized spacial score (nSPS) is 10.4. The third-order valence-electron chi connectivity index (χ3n) is 3.31. The minimum atomic E-state index is -0.376. The van der Waals surface area contributed by atoms with Gasteiger partial charge in [-0.1, -0.05) is 17.7 Å². The molecule has 0 bridgehead atoms. The maximum absolute atomic E-state index is 12.3. The molecule has 2 rings (SSSR count). The summed E-state index contributed by atoms with van der Waals surface area (Å²) in [6.45, 7) is 7.64. The minimum absolute atomic E-state index is 0.159. The molecule has 0 unspecified atom stereocenters. The Balaban J connectivity index is 2.41. The maximum atomic E-state index is 12.3. The second-order valence-electron chi connectivity index (χ2n) is 5.09. The van der Waals surface area contributed by atoms with Crippen molar-refractivity contribution in [1.29, 1.82) is 0 Å². The molecular weight excluding hydrogens is 252 g/mol. The predicted octanol–water partition coefficient (Wildman–Crippen LogP) is 2.86. The fourth-order valence-electron chi connectivity index (χ4n) is 2.41. The van der Waals surface area contributed by atoms with Crippen LogP contribution in [0.2, 0.25) is 0 Å². The van der Waals surface area contributed by atoms with E-state index < -0.39 is 0 Å². The fraction of sp³-hybridized carbons (Fsp3) is 0.250. The third kappa shape index (κ3) is 2.64. The van der Waals surface area contributed by atoms with Crippen molar-refractivity contribution in [2.75, 3.05) is 5.32 Å². The lowest BCUT2D eigenvalue weighted by Crippen LogP contribution is -2.25. The smallest absolute Gasteiger partial charge is 0.261 e. The molecule has 0 aliphatic carbocycles. The number of hydrogen-bond donors (Lipinski definition) is 2. The summed E-state index contributed by atoms with van der Waals surface area (Å²) in [5, 5.41) is 2.84. The molecule has 2 N–H and O–H groups in total. The van der Waals surface area contributed by atoms with Crippen LogP contribution in [0.1, 0.15) is 32.6 Å². The molecule has 4 heteroatoms. The van der Waals surface area contributed by atoms with Gasteiger partial charge in [0, 0.05) is 11.9 Å². The van der Waals surface area contributed by atoms with Gasteiger partial charge in [0.25, 0.3) is 11.5 Å². The Morgan fingerprint density at radius 1 is 1.05 bits per heavy atom. The lowest BCUT2D eigenvalue weighted by molar-refractivity contribution is 0.102. The number of anilines is 1. The highest BCUT2D eigenvalue weighted by atomic mass is 16.2. The zero-order valence-electron chi connectivity index (χ0n) is 12.1. The topological polar surface area (TPSA) is 62.0 Å². The lowest BCUT2D eigenvalue weighted by atomic mass is 10.0. The van der Waals surface area contributed by atoms with Crippen LogP contribution in [-0.4, -0.2) is 10.9 Å². The standard InChI is InChI=1S/C16H18N2O2/c1-9-7-11(3)14(12(4)8-9)18-16(20)13-10(2)5-6-17-15(13)19/h5-8H,1-4H3,(H,17,19)(H,18,20). The third-order valence-corrected chi connectivity index (χ3v) is 3.31. The lowest BCUT2D eigenvalue weighted by Gasteiger charge is -2.13. The van der Waals surface area contributed by atoms with Crippen LogP contribution in [0.5, 0.6) is 0 Å². The Bertz CT molecular complexity index is 706. The molecule has 1 heterocycles. The molecule has 0 fully saturated rings. The summed E-state index contributed by atoms with van der Waals surface area (Å²) < 4.78 is 0. The molecule has 20 heavy (non-hydrogen) atoms. The molecule has 0 radical (unpaired) electrons. The molecule has 0 saturated carbocycles. The van der Waals surface area contributed by atoms with E-state index in [-0.39, 0.29) is 17.0 Å². The molecular formula is C16H18N2O2. The molecule has 2 aromatic rings. The van der Waals surface area contributed by atoms with Crippen molar-refractivity contribution < 1.29 is 4.79 Å². The average molecular weight is 270 g/mol. The van der Waals surface area contributed by atoms with Gasteiger partial charge in [-0.3, -0.25) is 9.59 Å². The SMILES string of the molecule is Cc1cc(C)c(NC(=O)c2c(C)cc[nH]c2=O)c(C)c1. The zero-order valence-corrected chi connectivity index (χ0v) is 12.1. The van der Waals surface area contributed by atoms with Crippen LogP contribution in [0, 0.1) is 27.7 Å². The summed E-state index contributed by atoms with van der Waals surface area (Å²) in [6.07, 6.45) is 1.54. The summed E-state index contributed by atoms with van der Waals surface area (Å²) in [6, 6.07) is 5.72. The van der Waals surface area contributed by atoms with E-state index in [9.17, 15) is 9.59 Å². The van der Waals surface area contributed by atoms with E-state index in [0.717, 1.165) is 22.4 Å². The highest BCUT2D eigenvalue weighted by Gasteiger charge is 2.15. The van der Waals surface area contributed by atoms with E-state index in [1.807, 2.05) is 32.9 Å². The summed E-state index contributed by atoms with van der Waals surface area (Å²) in [4.78, 5) is 26.6. The quantitative estimate of drug-likeness (QED) is 0.881. The first-order chi connectivity index (χ1) is 9.40. The number of benzene rings is 1. The van der Waals surface area contributed by atoms with Crippen molar-refractivity contribution in [2.45, 2.75) is 27.7 Å². The highest BCUT2D eigenvalue weighted by Crippen LogP contribution is 2.22. The monoisotopic (exact) mass is 270 g/mol. The van der Waals surface area contributed by atoms with Gasteiger partial charge in [0.1, 0.15) is 5.56 Å². The largest absolute Gasteiger partial charge is 0.328 e. The van der Waals surface area contributed by atoms with Crippen LogP contribution in [0.25, 0.3) is 0 Å². The average Bonchev–Trinajstić information content (AvgIpc) is 2.33. The number of pyridine rings is 1. The van der Waals surface area contributed by atoms with Gasteiger partial charge in [0.2, 0.25) is 0 Å². The summed E-state index contributed by atoms with van der Waals surface area (Å²) in [7, 11) is 0. The molecule has 1 aromatic carbocycles. The number of carbonyl (C=O) groups excluding carboxylic acids is 1. The van der Waals surface area contributed by atoms with Crippen LogP contribution >= 0.6 is 0 Å². The number of aromatic amines is 1. The molecule has 4 nitrogen and oxygen atoms in total. The van der Waals surface area contributed by atoms with Crippen LogP contribution in [0.4, 0.5) is 5.69 Å². The first-order valence-electron chi connectivity index (χ1n) is 6.47. The molecule has 1 aromatic heterocycles. The van der Waals surface area contributed by atoms with Crippen molar-refractivity contribution in [3.05, 3.63) is 62.6 Å².